The van der Waals surface area contributed by atoms with Crippen LogP contribution in [0.2, 0.25) is 0 Å². The number of carbonyl (C=O) groups excluding carboxylic acids is 2. The average molecular weight is 384 g/mol. The highest BCUT2D eigenvalue weighted by Gasteiger charge is 2.34. The minimum Gasteiger partial charge on any atom is -0.368 e. The van der Waals surface area contributed by atoms with Crippen molar-refractivity contribution in [1.29, 1.82) is 0 Å². The van der Waals surface area contributed by atoms with Crippen LogP contribution in [-0.4, -0.2) is 48.9 Å². The number of piperazine rings is 1. The first-order valence-electron chi connectivity index (χ1n) is 11.1. The Labute approximate surface area is 168 Å². The van der Waals surface area contributed by atoms with Crippen molar-refractivity contribution >= 4 is 17.5 Å². The summed E-state index contributed by atoms with van der Waals surface area (Å²) in [5.74, 6) is 0.759. The van der Waals surface area contributed by atoms with Crippen molar-refractivity contribution in [3.63, 3.8) is 0 Å². The van der Waals surface area contributed by atoms with Crippen molar-refractivity contribution in [2.24, 2.45) is 11.8 Å². The normalized spacial score (nSPS) is 26.3. The van der Waals surface area contributed by atoms with Crippen LogP contribution in [0.15, 0.2) is 30.3 Å². The zero-order valence-electron chi connectivity index (χ0n) is 16.8. The molecular formula is C23H33N3O2. The molecule has 1 saturated heterocycles. The van der Waals surface area contributed by atoms with Crippen LogP contribution in [-0.2, 0) is 9.59 Å². The first kappa shape index (κ1) is 19.3. The van der Waals surface area contributed by atoms with Gasteiger partial charge in [-0.25, -0.2) is 0 Å². The molecule has 1 aromatic rings. The Morgan fingerprint density at radius 1 is 0.786 bits per heavy atom. The minimum absolute atomic E-state index is 0.110. The van der Waals surface area contributed by atoms with E-state index < -0.39 is 0 Å². The number of rotatable bonds is 4. The molecule has 1 aliphatic heterocycles. The highest BCUT2D eigenvalue weighted by molar-refractivity contribution is 5.81. The lowest BCUT2D eigenvalue weighted by atomic mass is 9.80. The van der Waals surface area contributed by atoms with Crippen LogP contribution in [0.1, 0.15) is 51.4 Å². The van der Waals surface area contributed by atoms with Crippen LogP contribution in [0, 0.1) is 11.8 Å². The van der Waals surface area contributed by atoms with Gasteiger partial charge in [-0.3, -0.25) is 9.59 Å². The van der Waals surface area contributed by atoms with Gasteiger partial charge in [-0.05, 0) is 50.7 Å². The van der Waals surface area contributed by atoms with Gasteiger partial charge in [0.25, 0.3) is 0 Å². The Balaban J connectivity index is 1.21. The molecule has 28 heavy (non-hydrogen) atoms. The third kappa shape index (κ3) is 4.50. The molecule has 3 aliphatic rings. The first-order chi connectivity index (χ1) is 13.7. The summed E-state index contributed by atoms with van der Waals surface area (Å²) in [5.41, 5.74) is 1.24. The van der Waals surface area contributed by atoms with E-state index in [-0.39, 0.29) is 17.7 Å². The lowest BCUT2D eigenvalue weighted by molar-refractivity contribution is -0.138. The molecule has 0 unspecified atom stereocenters. The van der Waals surface area contributed by atoms with Crippen LogP contribution in [0.3, 0.4) is 0 Å². The molecule has 152 valence electrons. The molecule has 1 heterocycles. The summed E-state index contributed by atoms with van der Waals surface area (Å²) >= 11 is 0. The second-order valence-corrected chi connectivity index (χ2v) is 8.69. The largest absolute Gasteiger partial charge is 0.368 e. The van der Waals surface area contributed by atoms with E-state index in [9.17, 15) is 9.59 Å². The molecule has 2 amide bonds. The quantitative estimate of drug-likeness (QED) is 0.869. The van der Waals surface area contributed by atoms with E-state index in [0.717, 1.165) is 64.7 Å². The van der Waals surface area contributed by atoms with Crippen molar-refractivity contribution in [2.45, 2.75) is 57.4 Å². The van der Waals surface area contributed by atoms with E-state index >= 15 is 0 Å². The average Bonchev–Trinajstić information content (AvgIpc) is 3.27. The fourth-order valence-electron chi connectivity index (χ4n) is 5.07. The van der Waals surface area contributed by atoms with Crippen molar-refractivity contribution in [3.05, 3.63) is 30.3 Å². The lowest BCUT2D eigenvalue weighted by Gasteiger charge is -2.38. The van der Waals surface area contributed by atoms with Crippen molar-refractivity contribution < 1.29 is 9.59 Å². The smallest absolute Gasteiger partial charge is 0.225 e. The van der Waals surface area contributed by atoms with Crippen LogP contribution < -0.4 is 10.2 Å². The van der Waals surface area contributed by atoms with E-state index in [1.54, 1.807) is 0 Å². The fraction of sp³-hybridized carbons (Fsp3) is 0.652. The topological polar surface area (TPSA) is 52.7 Å². The van der Waals surface area contributed by atoms with Gasteiger partial charge in [0.05, 0.1) is 0 Å². The summed E-state index contributed by atoms with van der Waals surface area (Å²) in [7, 11) is 0. The van der Waals surface area contributed by atoms with Crippen molar-refractivity contribution in [2.75, 3.05) is 31.1 Å². The van der Waals surface area contributed by atoms with Crippen LogP contribution >= 0.6 is 0 Å². The minimum atomic E-state index is 0.110. The maximum absolute atomic E-state index is 13.0. The Hall–Kier alpha value is -2.04. The van der Waals surface area contributed by atoms with Gasteiger partial charge < -0.3 is 15.1 Å². The second kappa shape index (κ2) is 8.97. The standard InChI is InChI=1S/C23H33N3O2/c27-22(24-20-6-4-5-7-20)18-10-12-19(13-11-18)23(28)26-16-14-25(15-17-26)21-8-2-1-3-9-21/h1-3,8-9,18-20H,4-7,10-17H2,(H,24,27). The second-order valence-electron chi connectivity index (χ2n) is 8.69. The Morgan fingerprint density at radius 2 is 1.39 bits per heavy atom. The van der Waals surface area contributed by atoms with E-state index in [1.807, 2.05) is 11.0 Å². The van der Waals surface area contributed by atoms with Crippen LogP contribution in [0.4, 0.5) is 5.69 Å². The molecule has 5 heteroatoms. The summed E-state index contributed by atoms with van der Waals surface area (Å²) in [5, 5.41) is 3.24. The number of benzene rings is 1. The summed E-state index contributed by atoms with van der Waals surface area (Å²) in [6, 6.07) is 10.8. The summed E-state index contributed by atoms with van der Waals surface area (Å²) < 4.78 is 0. The number of nitrogens with zero attached hydrogens (tertiary/aromatic N) is 2. The molecular weight excluding hydrogens is 350 g/mol. The highest BCUT2D eigenvalue weighted by atomic mass is 16.2. The highest BCUT2D eigenvalue weighted by Crippen LogP contribution is 2.31. The molecule has 0 aromatic heterocycles. The van der Waals surface area contributed by atoms with E-state index in [1.165, 1.54) is 18.5 Å². The van der Waals surface area contributed by atoms with Gasteiger partial charge in [-0.2, -0.15) is 0 Å². The molecule has 1 N–H and O–H groups in total. The zero-order chi connectivity index (χ0) is 19.3. The number of nitrogens with one attached hydrogen (secondary N) is 1. The van der Waals surface area contributed by atoms with Gasteiger partial charge in [0.2, 0.25) is 11.8 Å². The predicted octanol–water partition coefficient (Wildman–Crippen LogP) is 3.20. The monoisotopic (exact) mass is 383 g/mol. The van der Waals surface area contributed by atoms with Gasteiger partial charge in [0, 0.05) is 49.7 Å². The van der Waals surface area contributed by atoms with E-state index in [2.05, 4.69) is 34.5 Å². The molecule has 0 atom stereocenters. The summed E-state index contributed by atoms with van der Waals surface area (Å²) in [4.78, 5) is 29.8. The van der Waals surface area contributed by atoms with Gasteiger partial charge >= 0.3 is 0 Å². The van der Waals surface area contributed by atoms with Gasteiger partial charge in [0.15, 0.2) is 0 Å². The third-order valence-corrected chi connectivity index (χ3v) is 6.86. The Bertz CT molecular complexity index is 656. The SMILES string of the molecule is O=C(NC1CCCC1)C1CCC(C(=O)N2CCN(c3ccccc3)CC2)CC1. The molecule has 2 aliphatic carbocycles. The maximum atomic E-state index is 13.0. The maximum Gasteiger partial charge on any atom is 0.225 e. The number of hydrogen-bond donors (Lipinski definition) is 1. The first-order valence-corrected chi connectivity index (χ1v) is 11.1. The Kier molecular flexibility index (Phi) is 6.18. The van der Waals surface area contributed by atoms with Gasteiger partial charge in [0.1, 0.15) is 0 Å². The van der Waals surface area contributed by atoms with Crippen molar-refractivity contribution in [1.82, 2.24) is 10.2 Å². The molecule has 2 saturated carbocycles. The fourth-order valence-corrected chi connectivity index (χ4v) is 5.07. The lowest BCUT2D eigenvalue weighted by Crippen LogP contribution is -2.51. The predicted molar refractivity (Wildman–Crippen MR) is 111 cm³/mol. The number of carbonyl (C=O) groups is 2. The summed E-state index contributed by atoms with van der Waals surface area (Å²) in [6.07, 6.45) is 8.19. The van der Waals surface area contributed by atoms with Crippen molar-refractivity contribution in [3.8, 4) is 0 Å². The van der Waals surface area contributed by atoms with E-state index in [0.29, 0.717) is 11.9 Å². The zero-order valence-corrected chi connectivity index (χ0v) is 16.8. The molecule has 1 aromatic carbocycles. The molecule has 0 spiro atoms. The number of anilines is 1. The number of hydrogen-bond acceptors (Lipinski definition) is 3. The number of amides is 2. The molecule has 0 radical (unpaired) electrons. The van der Waals surface area contributed by atoms with Crippen LogP contribution in [0.5, 0.6) is 0 Å². The molecule has 0 bridgehead atoms. The summed E-state index contributed by atoms with van der Waals surface area (Å²) in [6.45, 7) is 3.40. The van der Waals surface area contributed by atoms with E-state index in [4.69, 9.17) is 0 Å². The van der Waals surface area contributed by atoms with Crippen LogP contribution in [0.25, 0.3) is 0 Å². The molecule has 4 rings (SSSR count). The Morgan fingerprint density at radius 3 is 2.04 bits per heavy atom. The third-order valence-electron chi connectivity index (χ3n) is 6.86. The van der Waals surface area contributed by atoms with Gasteiger partial charge in [-0.15, -0.1) is 0 Å². The van der Waals surface area contributed by atoms with Gasteiger partial charge in [-0.1, -0.05) is 31.0 Å². The molecule has 5 nitrogen and oxygen atoms in total. The molecule has 3 fully saturated rings. The number of para-hydroxylation sites is 1.